The van der Waals surface area contributed by atoms with Gasteiger partial charge in [-0.25, -0.2) is 0 Å². The van der Waals surface area contributed by atoms with Crippen LogP contribution in [0.3, 0.4) is 0 Å². The Morgan fingerprint density at radius 2 is 2.33 bits per heavy atom. The number of rotatable bonds is 7. The smallest absolute Gasteiger partial charge is 0.119 e. The Bertz CT molecular complexity index is 423. The lowest BCUT2D eigenvalue weighted by Gasteiger charge is -2.37. The first-order chi connectivity index (χ1) is 10.3. The Hall–Kier alpha value is -1.10. The molecule has 0 aliphatic carbocycles. The number of hydrogen-bond acceptors (Lipinski definition) is 4. The highest BCUT2D eigenvalue weighted by Crippen LogP contribution is 2.17. The van der Waals surface area contributed by atoms with Crippen molar-refractivity contribution in [2.24, 2.45) is 0 Å². The highest BCUT2D eigenvalue weighted by atomic mass is 16.5. The summed E-state index contributed by atoms with van der Waals surface area (Å²) in [7, 11) is 3.73. The Balaban J connectivity index is 1.98. The van der Waals surface area contributed by atoms with Gasteiger partial charge in [0.2, 0.25) is 0 Å². The molecule has 0 amide bonds. The maximum Gasteiger partial charge on any atom is 0.119 e. The summed E-state index contributed by atoms with van der Waals surface area (Å²) in [4.78, 5) is 2.50. The quantitative estimate of drug-likeness (QED) is 0.833. The molecular formula is C17H28N2O2. The van der Waals surface area contributed by atoms with Gasteiger partial charge in [0, 0.05) is 19.1 Å². The summed E-state index contributed by atoms with van der Waals surface area (Å²) >= 11 is 0. The van der Waals surface area contributed by atoms with E-state index in [-0.39, 0.29) is 6.10 Å². The number of nitrogens with one attached hydrogen (secondary N) is 1. The number of benzene rings is 1. The van der Waals surface area contributed by atoms with Crippen molar-refractivity contribution in [1.82, 2.24) is 10.2 Å². The van der Waals surface area contributed by atoms with E-state index in [9.17, 15) is 0 Å². The third-order valence-electron chi connectivity index (χ3n) is 4.13. The van der Waals surface area contributed by atoms with Crippen molar-refractivity contribution in [1.29, 1.82) is 0 Å². The summed E-state index contributed by atoms with van der Waals surface area (Å²) in [5.41, 5.74) is 1.28. The highest BCUT2D eigenvalue weighted by molar-refractivity contribution is 5.29. The van der Waals surface area contributed by atoms with Gasteiger partial charge in [0.05, 0.1) is 19.8 Å². The number of morpholine rings is 1. The molecule has 1 aromatic carbocycles. The first kappa shape index (κ1) is 16.3. The summed E-state index contributed by atoms with van der Waals surface area (Å²) in [6.07, 6.45) is 2.41. The average Bonchev–Trinajstić information content (AvgIpc) is 2.53. The number of methoxy groups -OCH3 is 1. The minimum Gasteiger partial charge on any atom is -0.497 e. The van der Waals surface area contributed by atoms with E-state index in [1.54, 1.807) is 7.11 Å². The molecule has 2 unspecified atom stereocenters. The van der Waals surface area contributed by atoms with E-state index in [0.717, 1.165) is 38.4 Å². The van der Waals surface area contributed by atoms with Gasteiger partial charge in [-0.2, -0.15) is 0 Å². The third kappa shape index (κ3) is 4.70. The zero-order valence-electron chi connectivity index (χ0n) is 13.5. The van der Waals surface area contributed by atoms with E-state index in [0.29, 0.717) is 6.04 Å². The van der Waals surface area contributed by atoms with Crippen LogP contribution in [0.25, 0.3) is 0 Å². The third-order valence-corrected chi connectivity index (χ3v) is 4.13. The first-order valence-corrected chi connectivity index (χ1v) is 7.91. The number of hydrogen-bond donors (Lipinski definition) is 1. The molecule has 4 heteroatoms. The van der Waals surface area contributed by atoms with Crippen LogP contribution in [-0.2, 0) is 11.2 Å². The van der Waals surface area contributed by atoms with Crippen LogP contribution in [0.4, 0.5) is 0 Å². The van der Waals surface area contributed by atoms with Gasteiger partial charge >= 0.3 is 0 Å². The van der Waals surface area contributed by atoms with E-state index in [2.05, 4.69) is 29.3 Å². The number of nitrogens with zero attached hydrogens (tertiary/aromatic N) is 1. The van der Waals surface area contributed by atoms with Crippen molar-refractivity contribution in [2.45, 2.75) is 31.9 Å². The van der Waals surface area contributed by atoms with Gasteiger partial charge in [-0.3, -0.25) is 4.90 Å². The van der Waals surface area contributed by atoms with Gasteiger partial charge in [-0.1, -0.05) is 19.1 Å². The lowest BCUT2D eigenvalue weighted by molar-refractivity contribution is -0.0450. The van der Waals surface area contributed by atoms with Crippen molar-refractivity contribution < 1.29 is 9.47 Å². The molecule has 0 saturated carbocycles. The van der Waals surface area contributed by atoms with Gasteiger partial charge in [-0.15, -0.1) is 0 Å². The second kappa shape index (κ2) is 8.37. The summed E-state index contributed by atoms with van der Waals surface area (Å²) in [5, 5.41) is 3.43. The topological polar surface area (TPSA) is 33.7 Å². The van der Waals surface area contributed by atoms with Crippen molar-refractivity contribution >= 4 is 0 Å². The van der Waals surface area contributed by atoms with Crippen molar-refractivity contribution in [3.63, 3.8) is 0 Å². The fraction of sp³-hybridized carbons (Fsp3) is 0.647. The fourth-order valence-electron chi connectivity index (χ4n) is 2.97. The Kier molecular flexibility index (Phi) is 6.49. The summed E-state index contributed by atoms with van der Waals surface area (Å²) < 4.78 is 11.3. The Morgan fingerprint density at radius 1 is 1.48 bits per heavy atom. The van der Waals surface area contributed by atoms with E-state index < -0.39 is 0 Å². The standard InChI is InChI=1S/C17H28N2O2/c1-4-8-19-9-10-21-17(13-19)16(18-2)12-14-6-5-7-15(11-14)20-3/h5-7,11,16-18H,4,8-10,12-13H2,1-3H3. The van der Waals surface area contributed by atoms with Crippen LogP contribution in [0.15, 0.2) is 24.3 Å². The Morgan fingerprint density at radius 3 is 3.05 bits per heavy atom. The number of likely N-dealkylation sites (N-methyl/N-ethyl adjacent to an activating group) is 1. The highest BCUT2D eigenvalue weighted by Gasteiger charge is 2.27. The van der Waals surface area contributed by atoms with Crippen LogP contribution < -0.4 is 10.1 Å². The lowest BCUT2D eigenvalue weighted by Crippen LogP contribution is -2.52. The van der Waals surface area contributed by atoms with Gasteiger partial charge in [-0.05, 0) is 44.1 Å². The predicted molar refractivity (Wildman–Crippen MR) is 86.0 cm³/mol. The largest absolute Gasteiger partial charge is 0.497 e. The molecule has 1 aliphatic rings. The van der Waals surface area contributed by atoms with E-state index >= 15 is 0 Å². The van der Waals surface area contributed by atoms with Crippen LogP contribution in [0.1, 0.15) is 18.9 Å². The fourth-order valence-corrected chi connectivity index (χ4v) is 2.97. The maximum absolute atomic E-state index is 6.00. The van der Waals surface area contributed by atoms with Crippen LogP contribution in [0, 0.1) is 0 Å². The first-order valence-electron chi connectivity index (χ1n) is 7.91. The van der Waals surface area contributed by atoms with Gasteiger partial charge in [0.25, 0.3) is 0 Å². The molecule has 1 aliphatic heterocycles. The van der Waals surface area contributed by atoms with Gasteiger partial charge in [0.15, 0.2) is 0 Å². The van der Waals surface area contributed by atoms with Crippen LogP contribution in [0.5, 0.6) is 5.75 Å². The zero-order valence-corrected chi connectivity index (χ0v) is 13.5. The molecule has 1 saturated heterocycles. The summed E-state index contributed by atoms with van der Waals surface area (Å²) in [5.74, 6) is 0.916. The van der Waals surface area contributed by atoms with E-state index in [1.165, 1.54) is 12.0 Å². The zero-order chi connectivity index (χ0) is 15.1. The van der Waals surface area contributed by atoms with E-state index in [4.69, 9.17) is 9.47 Å². The van der Waals surface area contributed by atoms with Crippen LogP contribution in [-0.4, -0.2) is 57.4 Å². The molecule has 2 atom stereocenters. The second-order valence-electron chi connectivity index (χ2n) is 5.66. The van der Waals surface area contributed by atoms with Crippen molar-refractivity contribution in [2.75, 3.05) is 40.4 Å². The van der Waals surface area contributed by atoms with Gasteiger partial charge < -0.3 is 14.8 Å². The normalized spacial score (nSPS) is 21.2. The molecule has 1 heterocycles. The summed E-state index contributed by atoms with van der Waals surface area (Å²) in [6.45, 7) is 6.30. The van der Waals surface area contributed by atoms with Crippen molar-refractivity contribution in [3.05, 3.63) is 29.8 Å². The lowest BCUT2D eigenvalue weighted by atomic mass is 10.00. The monoisotopic (exact) mass is 292 g/mol. The SMILES string of the molecule is CCCN1CCOC(C(Cc2cccc(OC)c2)NC)C1. The molecule has 21 heavy (non-hydrogen) atoms. The Labute approximate surface area is 128 Å². The minimum absolute atomic E-state index is 0.251. The molecule has 0 spiro atoms. The molecule has 0 radical (unpaired) electrons. The van der Waals surface area contributed by atoms with Gasteiger partial charge in [0.1, 0.15) is 5.75 Å². The van der Waals surface area contributed by atoms with Crippen LogP contribution >= 0.6 is 0 Å². The number of ether oxygens (including phenoxy) is 2. The minimum atomic E-state index is 0.251. The molecule has 118 valence electrons. The molecule has 1 N–H and O–H groups in total. The molecule has 2 rings (SSSR count). The molecular weight excluding hydrogens is 264 g/mol. The average molecular weight is 292 g/mol. The van der Waals surface area contributed by atoms with E-state index in [1.807, 2.05) is 19.2 Å². The maximum atomic E-state index is 6.00. The molecule has 0 bridgehead atoms. The molecule has 0 aromatic heterocycles. The van der Waals surface area contributed by atoms with Crippen molar-refractivity contribution in [3.8, 4) is 5.75 Å². The molecule has 1 aromatic rings. The van der Waals surface area contributed by atoms with Crippen LogP contribution in [0.2, 0.25) is 0 Å². The molecule has 1 fully saturated rings. The second-order valence-corrected chi connectivity index (χ2v) is 5.66. The predicted octanol–water partition coefficient (Wildman–Crippen LogP) is 1.94. The summed E-state index contributed by atoms with van der Waals surface area (Å²) in [6, 6.07) is 8.62. The molecule has 4 nitrogen and oxygen atoms in total.